The second-order valence-electron chi connectivity index (χ2n) is 6.45. The molecule has 146 valence electrons. The van der Waals surface area contributed by atoms with Gasteiger partial charge >= 0.3 is 5.97 Å². The van der Waals surface area contributed by atoms with Gasteiger partial charge in [0.25, 0.3) is 5.91 Å². The third-order valence-electron chi connectivity index (χ3n) is 4.31. The van der Waals surface area contributed by atoms with Gasteiger partial charge in [0.1, 0.15) is 11.8 Å². The number of methoxy groups -OCH3 is 1. The first-order valence-corrected chi connectivity index (χ1v) is 9.02. The number of likely N-dealkylation sites (tertiary alicyclic amines) is 1. The Morgan fingerprint density at radius 2 is 1.74 bits per heavy atom. The molecule has 1 aromatic rings. The molecule has 1 heterocycles. The van der Waals surface area contributed by atoms with Crippen LogP contribution in [0.5, 0.6) is 5.75 Å². The van der Waals surface area contributed by atoms with Crippen LogP contribution in [0.2, 0.25) is 0 Å². The predicted molar refractivity (Wildman–Crippen MR) is 101 cm³/mol. The van der Waals surface area contributed by atoms with Gasteiger partial charge in [-0.05, 0) is 50.5 Å². The van der Waals surface area contributed by atoms with Gasteiger partial charge in [0.05, 0.1) is 7.11 Å². The highest BCUT2D eigenvalue weighted by Gasteiger charge is 2.27. The zero-order chi connectivity index (χ0) is 19.8. The SMILES string of the molecule is COc1ccc(/C=C/C(=O)N[C@@H](C)C(=O)O[C@@H](C)C(=O)N2CCCC2)cc1. The summed E-state index contributed by atoms with van der Waals surface area (Å²) in [5.41, 5.74) is 0.825. The Morgan fingerprint density at radius 3 is 2.33 bits per heavy atom. The maximum absolute atomic E-state index is 12.2. The summed E-state index contributed by atoms with van der Waals surface area (Å²) in [7, 11) is 1.58. The van der Waals surface area contributed by atoms with Gasteiger partial charge in [-0.1, -0.05) is 12.1 Å². The number of nitrogens with one attached hydrogen (secondary N) is 1. The number of carbonyl (C=O) groups is 3. The van der Waals surface area contributed by atoms with Crippen LogP contribution in [0.1, 0.15) is 32.3 Å². The van der Waals surface area contributed by atoms with Crippen molar-refractivity contribution in [2.75, 3.05) is 20.2 Å². The Kier molecular flexibility index (Phi) is 7.40. The Bertz CT molecular complexity index is 693. The molecule has 1 fully saturated rings. The van der Waals surface area contributed by atoms with E-state index in [1.54, 1.807) is 37.1 Å². The number of hydrogen-bond donors (Lipinski definition) is 1. The van der Waals surface area contributed by atoms with E-state index in [2.05, 4.69) is 5.32 Å². The van der Waals surface area contributed by atoms with Crippen LogP contribution in [0.25, 0.3) is 6.08 Å². The average Bonchev–Trinajstić information content (AvgIpc) is 3.20. The van der Waals surface area contributed by atoms with Crippen LogP contribution in [0, 0.1) is 0 Å². The van der Waals surface area contributed by atoms with E-state index in [9.17, 15) is 14.4 Å². The summed E-state index contributed by atoms with van der Waals surface area (Å²) < 4.78 is 10.3. The number of carbonyl (C=O) groups excluding carboxylic acids is 3. The molecule has 0 unspecified atom stereocenters. The summed E-state index contributed by atoms with van der Waals surface area (Å²) in [6.07, 6.45) is 4.06. The van der Waals surface area contributed by atoms with E-state index in [0.29, 0.717) is 13.1 Å². The van der Waals surface area contributed by atoms with Gasteiger partial charge in [-0.25, -0.2) is 4.79 Å². The Hall–Kier alpha value is -2.83. The predicted octanol–water partition coefficient (Wildman–Crippen LogP) is 1.77. The van der Waals surface area contributed by atoms with Crippen molar-refractivity contribution in [2.45, 2.75) is 38.8 Å². The van der Waals surface area contributed by atoms with E-state index in [0.717, 1.165) is 24.2 Å². The first-order chi connectivity index (χ1) is 12.9. The summed E-state index contributed by atoms with van der Waals surface area (Å²) in [5.74, 6) is -0.528. The topological polar surface area (TPSA) is 84.9 Å². The summed E-state index contributed by atoms with van der Waals surface area (Å²) >= 11 is 0. The van der Waals surface area contributed by atoms with Gasteiger partial charge in [-0.15, -0.1) is 0 Å². The van der Waals surface area contributed by atoms with Crippen LogP contribution in [-0.4, -0.2) is 55.0 Å². The number of rotatable bonds is 7. The van der Waals surface area contributed by atoms with Crippen LogP contribution in [0.15, 0.2) is 30.3 Å². The van der Waals surface area contributed by atoms with Crippen molar-refractivity contribution in [3.05, 3.63) is 35.9 Å². The van der Waals surface area contributed by atoms with Crippen molar-refractivity contribution in [3.63, 3.8) is 0 Å². The number of ether oxygens (including phenoxy) is 2. The third kappa shape index (κ3) is 6.13. The fraction of sp³-hybridized carbons (Fsp3) is 0.450. The molecule has 1 saturated heterocycles. The molecule has 1 aliphatic heterocycles. The van der Waals surface area contributed by atoms with E-state index < -0.39 is 24.0 Å². The maximum Gasteiger partial charge on any atom is 0.329 e. The van der Waals surface area contributed by atoms with E-state index in [4.69, 9.17) is 9.47 Å². The minimum absolute atomic E-state index is 0.196. The largest absolute Gasteiger partial charge is 0.497 e. The minimum atomic E-state index is -0.857. The molecule has 1 N–H and O–H groups in total. The second-order valence-corrected chi connectivity index (χ2v) is 6.45. The van der Waals surface area contributed by atoms with Crippen LogP contribution in [-0.2, 0) is 19.1 Å². The lowest BCUT2D eigenvalue weighted by molar-refractivity contribution is -0.160. The van der Waals surface area contributed by atoms with Crippen molar-refractivity contribution >= 4 is 23.9 Å². The molecule has 2 atom stereocenters. The molecule has 0 aromatic heterocycles. The molecule has 0 radical (unpaired) electrons. The molecule has 2 amide bonds. The first kappa shape index (κ1) is 20.5. The minimum Gasteiger partial charge on any atom is -0.497 e. The molecular weight excluding hydrogens is 348 g/mol. The first-order valence-electron chi connectivity index (χ1n) is 9.02. The van der Waals surface area contributed by atoms with Crippen molar-refractivity contribution in [1.29, 1.82) is 0 Å². The standard InChI is InChI=1S/C20H26N2O5/c1-14(20(25)27-15(2)19(24)22-12-4-5-13-22)21-18(23)11-8-16-6-9-17(26-3)10-7-16/h6-11,14-15H,4-5,12-13H2,1-3H3,(H,21,23)/b11-8+/t14-,15-/m0/s1. The molecule has 27 heavy (non-hydrogen) atoms. The van der Waals surface area contributed by atoms with Crippen molar-refractivity contribution in [1.82, 2.24) is 10.2 Å². The summed E-state index contributed by atoms with van der Waals surface area (Å²) in [6.45, 7) is 4.47. The average molecular weight is 374 g/mol. The van der Waals surface area contributed by atoms with Crippen molar-refractivity contribution < 1.29 is 23.9 Å². The van der Waals surface area contributed by atoms with Crippen molar-refractivity contribution in [2.24, 2.45) is 0 Å². The highest BCUT2D eigenvalue weighted by atomic mass is 16.5. The lowest BCUT2D eigenvalue weighted by Crippen LogP contribution is -2.43. The highest BCUT2D eigenvalue weighted by Crippen LogP contribution is 2.12. The van der Waals surface area contributed by atoms with E-state index in [1.165, 1.54) is 13.0 Å². The molecule has 0 saturated carbocycles. The summed E-state index contributed by atoms with van der Waals surface area (Å²) in [5, 5.41) is 2.54. The van der Waals surface area contributed by atoms with Crippen molar-refractivity contribution in [3.8, 4) is 5.75 Å². The molecule has 2 rings (SSSR count). The number of esters is 1. The maximum atomic E-state index is 12.2. The van der Waals surface area contributed by atoms with Gasteiger partial charge in [-0.3, -0.25) is 9.59 Å². The number of benzene rings is 1. The third-order valence-corrected chi connectivity index (χ3v) is 4.31. The fourth-order valence-electron chi connectivity index (χ4n) is 2.73. The quantitative estimate of drug-likeness (QED) is 0.581. The fourth-order valence-corrected chi connectivity index (χ4v) is 2.73. The Morgan fingerprint density at radius 1 is 1.11 bits per heavy atom. The van der Waals surface area contributed by atoms with Gasteiger partial charge in [0.2, 0.25) is 5.91 Å². The molecule has 7 heteroatoms. The zero-order valence-corrected chi connectivity index (χ0v) is 15.9. The summed E-state index contributed by atoms with van der Waals surface area (Å²) in [6, 6.07) is 6.34. The normalized spacial score (nSPS) is 16.0. The number of nitrogens with zero attached hydrogens (tertiary/aromatic N) is 1. The highest BCUT2D eigenvalue weighted by molar-refractivity contribution is 5.95. The van der Waals surface area contributed by atoms with Gasteiger partial charge in [-0.2, -0.15) is 0 Å². The van der Waals surface area contributed by atoms with Gasteiger partial charge < -0.3 is 19.7 Å². The summed E-state index contributed by atoms with van der Waals surface area (Å²) in [4.78, 5) is 38.0. The smallest absolute Gasteiger partial charge is 0.329 e. The Balaban J connectivity index is 1.80. The van der Waals surface area contributed by atoms with Gasteiger partial charge in [0.15, 0.2) is 6.10 Å². The zero-order valence-electron chi connectivity index (χ0n) is 15.9. The lowest BCUT2D eigenvalue weighted by Gasteiger charge is -2.21. The second kappa shape index (κ2) is 9.75. The molecule has 1 aromatic carbocycles. The molecule has 1 aliphatic rings. The molecule has 0 aliphatic carbocycles. The van der Waals surface area contributed by atoms with Crippen LogP contribution < -0.4 is 10.1 Å². The number of hydrogen-bond acceptors (Lipinski definition) is 5. The number of amides is 2. The van der Waals surface area contributed by atoms with E-state index in [-0.39, 0.29) is 5.91 Å². The Labute approximate surface area is 159 Å². The molecule has 7 nitrogen and oxygen atoms in total. The van der Waals surface area contributed by atoms with Gasteiger partial charge in [0, 0.05) is 19.2 Å². The van der Waals surface area contributed by atoms with Crippen LogP contribution >= 0.6 is 0 Å². The van der Waals surface area contributed by atoms with Crippen LogP contribution in [0.4, 0.5) is 0 Å². The molecule has 0 bridgehead atoms. The molecule has 0 spiro atoms. The van der Waals surface area contributed by atoms with E-state index in [1.807, 2.05) is 12.1 Å². The monoisotopic (exact) mass is 374 g/mol. The van der Waals surface area contributed by atoms with E-state index >= 15 is 0 Å². The lowest BCUT2D eigenvalue weighted by atomic mass is 10.2. The molecular formula is C20H26N2O5. The van der Waals surface area contributed by atoms with Crippen LogP contribution in [0.3, 0.4) is 0 Å².